The van der Waals surface area contributed by atoms with Crippen LogP contribution in [0.15, 0.2) is 42.5 Å². The standard InChI is InChI=1S/C20H21ClN2O4/c1-12-7-8-14(13(2)9-12)18(24)11-27-19(25)10-17(23-20(22)26)15-5-3-4-6-16(15)21/h3-9,17H,10-11H2,1-2H3,(H3,22,23,26)/t17-/m1/s1. The Labute approximate surface area is 162 Å². The first kappa shape index (κ1) is 20.5. The summed E-state index contributed by atoms with van der Waals surface area (Å²) in [7, 11) is 0. The molecule has 2 rings (SSSR count). The number of hydrogen-bond donors (Lipinski definition) is 2. The molecule has 0 spiro atoms. The van der Waals surface area contributed by atoms with Crippen molar-refractivity contribution in [3.63, 3.8) is 0 Å². The van der Waals surface area contributed by atoms with E-state index in [1.165, 1.54) is 0 Å². The van der Waals surface area contributed by atoms with E-state index in [1.807, 2.05) is 26.0 Å². The fourth-order valence-electron chi connectivity index (χ4n) is 2.74. The van der Waals surface area contributed by atoms with Crippen LogP contribution in [0.25, 0.3) is 0 Å². The number of primary amides is 1. The van der Waals surface area contributed by atoms with E-state index in [1.54, 1.807) is 30.3 Å². The van der Waals surface area contributed by atoms with E-state index >= 15 is 0 Å². The van der Waals surface area contributed by atoms with Crippen molar-refractivity contribution < 1.29 is 19.1 Å². The van der Waals surface area contributed by atoms with Gasteiger partial charge in [0.15, 0.2) is 6.61 Å². The second kappa shape index (κ2) is 9.19. The third kappa shape index (κ3) is 5.82. The van der Waals surface area contributed by atoms with Gasteiger partial charge in [-0.25, -0.2) is 4.79 Å². The zero-order valence-electron chi connectivity index (χ0n) is 15.1. The van der Waals surface area contributed by atoms with Crippen LogP contribution in [0.4, 0.5) is 4.79 Å². The quantitative estimate of drug-likeness (QED) is 0.560. The molecule has 0 unspecified atom stereocenters. The average Bonchev–Trinajstić information content (AvgIpc) is 2.59. The minimum absolute atomic E-state index is 0.202. The summed E-state index contributed by atoms with van der Waals surface area (Å²) >= 11 is 6.13. The number of benzene rings is 2. The Hall–Kier alpha value is -2.86. The van der Waals surface area contributed by atoms with Crippen LogP contribution in [0.3, 0.4) is 0 Å². The van der Waals surface area contributed by atoms with Gasteiger partial charge in [0.05, 0.1) is 12.5 Å². The summed E-state index contributed by atoms with van der Waals surface area (Å²) in [6, 6.07) is 10.7. The highest BCUT2D eigenvalue weighted by molar-refractivity contribution is 6.31. The Morgan fingerprint density at radius 1 is 1.15 bits per heavy atom. The van der Waals surface area contributed by atoms with Crippen LogP contribution < -0.4 is 11.1 Å². The van der Waals surface area contributed by atoms with E-state index in [-0.39, 0.29) is 18.8 Å². The molecule has 0 aliphatic rings. The number of carbonyl (C=O) groups is 3. The predicted molar refractivity (Wildman–Crippen MR) is 103 cm³/mol. The van der Waals surface area contributed by atoms with Crippen LogP contribution in [-0.4, -0.2) is 24.4 Å². The number of esters is 1. The molecule has 0 aromatic heterocycles. The lowest BCUT2D eigenvalue weighted by molar-refractivity contribution is -0.143. The molecule has 2 amide bonds. The number of hydrogen-bond acceptors (Lipinski definition) is 4. The zero-order chi connectivity index (χ0) is 20.0. The van der Waals surface area contributed by atoms with Gasteiger partial charge in [-0.05, 0) is 31.0 Å². The van der Waals surface area contributed by atoms with Gasteiger partial charge < -0.3 is 15.8 Å². The summed E-state index contributed by atoms with van der Waals surface area (Å²) in [5.41, 5.74) is 8.09. The summed E-state index contributed by atoms with van der Waals surface area (Å²) in [4.78, 5) is 35.7. The topological polar surface area (TPSA) is 98.5 Å². The molecule has 0 aliphatic heterocycles. The highest BCUT2D eigenvalue weighted by Gasteiger charge is 2.21. The van der Waals surface area contributed by atoms with Gasteiger partial charge in [-0.3, -0.25) is 9.59 Å². The number of urea groups is 1. The van der Waals surface area contributed by atoms with Crippen LogP contribution in [-0.2, 0) is 9.53 Å². The minimum atomic E-state index is -0.793. The van der Waals surface area contributed by atoms with Crippen LogP contribution >= 0.6 is 11.6 Å². The lowest BCUT2D eigenvalue weighted by atomic mass is 10.0. The van der Waals surface area contributed by atoms with E-state index < -0.39 is 18.0 Å². The van der Waals surface area contributed by atoms with Gasteiger partial charge in [-0.15, -0.1) is 0 Å². The molecule has 3 N–H and O–H groups in total. The molecule has 27 heavy (non-hydrogen) atoms. The normalized spacial score (nSPS) is 11.5. The van der Waals surface area contributed by atoms with Gasteiger partial charge in [0.25, 0.3) is 0 Å². The fraction of sp³-hybridized carbons (Fsp3) is 0.250. The first-order valence-corrected chi connectivity index (χ1v) is 8.72. The lowest BCUT2D eigenvalue weighted by Gasteiger charge is -2.18. The molecular formula is C20H21ClN2O4. The highest BCUT2D eigenvalue weighted by Crippen LogP contribution is 2.25. The number of Topliss-reactive ketones (excluding diaryl/α,β-unsaturated/α-hetero) is 1. The lowest BCUT2D eigenvalue weighted by Crippen LogP contribution is -2.35. The molecule has 0 radical (unpaired) electrons. The number of halogens is 1. The molecule has 0 saturated carbocycles. The van der Waals surface area contributed by atoms with E-state index in [2.05, 4.69) is 5.32 Å². The maximum absolute atomic E-state index is 12.3. The predicted octanol–water partition coefficient (Wildman–Crippen LogP) is 3.48. The summed E-state index contributed by atoms with van der Waals surface area (Å²) in [5.74, 6) is -0.940. The van der Waals surface area contributed by atoms with Gasteiger partial charge in [0.1, 0.15) is 0 Å². The number of ether oxygens (including phenoxy) is 1. The first-order valence-electron chi connectivity index (χ1n) is 8.34. The van der Waals surface area contributed by atoms with Gasteiger partial charge >= 0.3 is 12.0 Å². The Balaban J connectivity index is 2.02. The monoisotopic (exact) mass is 388 g/mol. The van der Waals surface area contributed by atoms with Crippen molar-refractivity contribution in [3.05, 3.63) is 69.7 Å². The average molecular weight is 389 g/mol. The molecule has 2 aromatic carbocycles. The second-order valence-electron chi connectivity index (χ2n) is 6.19. The van der Waals surface area contributed by atoms with Crippen molar-refractivity contribution in [2.75, 3.05) is 6.61 Å². The van der Waals surface area contributed by atoms with Gasteiger partial charge in [0.2, 0.25) is 5.78 Å². The number of carbonyl (C=O) groups excluding carboxylic acids is 3. The summed E-state index contributed by atoms with van der Waals surface area (Å²) < 4.78 is 5.09. The Morgan fingerprint density at radius 3 is 2.48 bits per heavy atom. The minimum Gasteiger partial charge on any atom is -0.457 e. The third-order valence-corrected chi connectivity index (χ3v) is 4.36. The highest BCUT2D eigenvalue weighted by atomic mass is 35.5. The Bertz CT molecular complexity index is 867. The van der Waals surface area contributed by atoms with Crippen LogP contribution in [0.5, 0.6) is 0 Å². The van der Waals surface area contributed by atoms with Crippen molar-refractivity contribution in [2.45, 2.75) is 26.3 Å². The van der Waals surface area contributed by atoms with E-state index in [0.717, 1.165) is 11.1 Å². The molecule has 0 fully saturated rings. The number of ketones is 1. The van der Waals surface area contributed by atoms with Crippen molar-refractivity contribution in [1.82, 2.24) is 5.32 Å². The smallest absolute Gasteiger partial charge is 0.312 e. The van der Waals surface area contributed by atoms with Crippen molar-refractivity contribution in [2.24, 2.45) is 5.73 Å². The number of nitrogens with two attached hydrogens (primary N) is 1. The molecule has 0 aliphatic carbocycles. The largest absolute Gasteiger partial charge is 0.457 e. The van der Waals surface area contributed by atoms with Gasteiger partial charge in [-0.2, -0.15) is 0 Å². The third-order valence-electron chi connectivity index (χ3n) is 4.01. The van der Waals surface area contributed by atoms with Gasteiger partial charge in [-0.1, -0.05) is 53.6 Å². The SMILES string of the molecule is Cc1ccc(C(=O)COC(=O)C[C@@H](NC(N)=O)c2ccccc2Cl)c(C)c1. The molecule has 2 aromatic rings. The molecule has 0 bridgehead atoms. The Kier molecular flexibility index (Phi) is 6.96. The van der Waals surface area contributed by atoms with Crippen molar-refractivity contribution in [3.8, 4) is 0 Å². The van der Waals surface area contributed by atoms with E-state index in [9.17, 15) is 14.4 Å². The zero-order valence-corrected chi connectivity index (χ0v) is 15.9. The summed E-state index contributed by atoms with van der Waals surface area (Å²) in [5, 5.41) is 2.86. The van der Waals surface area contributed by atoms with Crippen LogP contribution in [0, 0.1) is 13.8 Å². The van der Waals surface area contributed by atoms with Crippen LogP contribution in [0.2, 0.25) is 5.02 Å². The molecule has 7 heteroatoms. The Morgan fingerprint density at radius 2 is 1.85 bits per heavy atom. The van der Waals surface area contributed by atoms with Crippen molar-refractivity contribution in [1.29, 1.82) is 0 Å². The van der Waals surface area contributed by atoms with Crippen molar-refractivity contribution >= 4 is 29.4 Å². The molecule has 0 saturated heterocycles. The van der Waals surface area contributed by atoms with Crippen LogP contribution in [0.1, 0.15) is 39.5 Å². The molecule has 142 valence electrons. The number of aryl methyl sites for hydroxylation is 2. The number of rotatable bonds is 7. The maximum Gasteiger partial charge on any atom is 0.312 e. The molecule has 0 heterocycles. The number of nitrogens with one attached hydrogen (secondary N) is 1. The maximum atomic E-state index is 12.3. The first-order chi connectivity index (χ1) is 12.8. The molecule has 6 nitrogen and oxygen atoms in total. The second-order valence-corrected chi connectivity index (χ2v) is 6.60. The van der Waals surface area contributed by atoms with Gasteiger partial charge in [0, 0.05) is 10.6 Å². The summed E-state index contributed by atoms with van der Waals surface area (Å²) in [6.45, 7) is 3.38. The number of amides is 2. The molecular weight excluding hydrogens is 368 g/mol. The summed E-state index contributed by atoms with van der Waals surface area (Å²) in [6.07, 6.45) is -0.202. The fourth-order valence-corrected chi connectivity index (χ4v) is 3.01. The van der Waals surface area contributed by atoms with E-state index in [4.69, 9.17) is 22.1 Å². The molecule has 1 atom stereocenters. The van der Waals surface area contributed by atoms with E-state index in [0.29, 0.717) is 16.1 Å².